The number of carboxylic acid groups (broad SMARTS) is 2. The monoisotopic (exact) mass is 308 g/mol. The minimum absolute atomic E-state index is 0.971. The normalized spacial score (nSPS) is 12.0. The van der Waals surface area contributed by atoms with E-state index in [4.69, 9.17) is 20.4 Å². The Morgan fingerprint density at radius 3 is 1.48 bits per heavy atom. The standard InChI is InChI=1S/C8H10O9.C3H6O/c9-3(1-5(11)12)7(15)17-8(16)4(10)2-6(13)14;1-3-4-2/h3-4,9-10H,1-2H2,(H,11,12)(H,13,14);3H,1H2,2H3. The molecule has 0 spiro atoms. The lowest BCUT2D eigenvalue weighted by Gasteiger charge is -2.09. The highest BCUT2D eigenvalue weighted by molar-refractivity contribution is 5.92. The Morgan fingerprint density at radius 1 is 1.00 bits per heavy atom. The average Bonchev–Trinajstić information content (AvgIpc) is 2.37. The number of carbonyl (C=O) groups excluding carboxylic acids is 2. The van der Waals surface area contributed by atoms with E-state index in [1.165, 1.54) is 6.26 Å². The fourth-order valence-corrected chi connectivity index (χ4v) is 0.733. The Morgan fingerprint density at radius 2 is 1.29 bits per heavy atom. The van der Waals surface area contributed by atoms with Crippen molar-refractivity contribution in [3.05, 3.63) is 12.8 Å². The zero-order chi connectivity index (χ0) is 17.0. The lowest BCUT2D eigenvalue weighted by Crippen LogP contribution is -2.33. The summed E-state index contributed by atoms with van der Waals surface area (Å²) in [7, 11) is 1.56. The predicted octanol–water partition coefficient (Wildman–Crippen LogP) is -1.50. The van der Waals surface area contributed by atoms with Crippen LogP contribution in [0.15, 0.2) is 12.8 Å². The number of aliphatic carboxylic acids is 2. The molecule has 0 aliphatic heterocycles. The molecule has 0 aromatic rings. The summed E-state index contributed by atoms with van der Waals surface area (Å²) in [6.45, 7) is 3.26. The van der Waals surface area contributed by atoms with E-state index in [1.54, 1.807) is 7.11 Å². The van der Waals surface area contributed by atoms with Crippen LogP contribution in [0.2, 0.25) is 0 Å². The van der Waals surface area contributed by atoms with Crippen molar-refractivity contribution in [2.24, 2.45) is 0 Å². The maximum atomic E-state index is 10.9. The molecule has 0 amide bonds. The van der Waals surface area contributed by atoms with Gasteiger partial charge in [-0.15, -0.1) is 0 Å². The second-order valence-electron chi connectivity index (χ2n) is 3.37. The molecule has 0 saturated heterocycles. The molecule has 0 aromatic carbocycles. The second kappa shape index (κ2) is 11.4. The number of aliphatic hydroxyl groups is 2. The number of carbonyl (C=O) groups is 4. The van der Waals surface area contributed by atoms with Gasteiger partial charge in [-0.2, -0.15) is 0 Å². The first-order chi connectivity index (χ1) is 9.65. The quantitative estimate of drug-likeness (QED) is 0.247. The maximum absolute atomic E-state index is 10.9. The highest BCUT2D eigenvalue weighted by atomic mass is 16.6. The first kappa shape index (κ1) is 20.8. The molecule has 0 bridgehead atoms. The minimum atomic E-state index is -2.06. The van der Waals surface area contributed by atoms with Crippen LogP contribution in [0.3, 0.4) is 0 Å². The van der Waals surface area contributed by atoms with Crippen molar-refractivity contribution in [3.8, 4) is 0 Å². The molecule has 21 heavy (non-hydrogen) atoms. The summed E-state index contributed by atoms with van der Waals surface area (Å²) in [4.78, 5) is 41.9. The third-order valence-electron chi connectivity index (χ3n) is 1.65. The van der Waals surface area contributed by atoms with Gasteiger partial charge in [0.05, 0.1) is 26.2 Å². The molecule has 10 heteroatoms. The lowest BCUT2D eigenvalue weighted by atomic mass is 10.2. The number of ether oxygens (including phenoxy) is 2. The highest BCUT2D eigenvalue weighted by Crippen LogP contribution is 2.00. The van der Waals surface area contributed by atoms with Gasteiger partial charge in [-0.1, -0.05) is 6.58 Å². The summed E-state index contributed by atoms with van der Waals surface area (Å²) in [6.07, 6.45) is -4.69. The zero-order valence-corrected chi connectivity index (χ0v) is 11.1. The Balaban J connectivity index is 0. The van der Waals surface area contributed by atoms with Gasteiger partial charge < -0.3 is 29.9 Å². The fraction of sp³-hybridized carbons (Fsp3) is 0.455. The fourth-order valence-electron chi connectivity index (χ4n) is 0.733. The Bertz CT molecular complexity index is 356. The van der Waals surface area contributed by atoms with E-state index >= 15 is 0 Å². The number of rotatable bonds is 7. The molecule has 0 saturated carbocycles. The van der Waals surface area contributed by atoms with Gasteiger partial charge in [0.15, 0.2) is 12.2 Å². The van der Waals surface area contributed by atoms with E-state index in [0.717, 1.165) is 0 Å². The first-order valence-corrected chi connectivity index (χ1v) is 5.34. The largest absolute Gasteiger partial charge is 0.505 e. The third kappa shape index (κ3) is 12.3. The van der Waals surface area contributed by atoms with Crippen LogP contribution in [-0.2, 0) is 28.7 Å². The van der Waals surface area contributed by atoms with E-state index in [1.807, 2.05) is 0 Å². The number of hydrogen-bond donors (Lipinski definition) is 4. The molecule has 0 heterocycles. The summed E-state index contributed by atoms with van der Waals surface area (Å²) < 4.78 is 8.18. The van der Waals surface area contributed by atoms with Gasteiger partial charge in [0.25, 0.3) is 0 Å². The van der Waals surface area contributed by atoms with Crippen LogP contribution < -0.4 is 0 Å². The van der Waals surface area contributed by atoms with Crippen LogP contribution in [0.1, 0.15) is 12.8 Å². The molecule has 120 valence electrons. The van der Waals surface area contributed by atoms with E-state index < -0.39 is 48.9 Å². The van der Waals surface area contributed by atoms with Crippen molar-refractivity contribution < 1.29 is 49.1 Å². The second-order valence-corrected chi connectivity index (χ2v) is 3.37. The van der Waals surface area contributed by atoms with Crippen molar-refractivity contribution in [2.75, 3.05) is 7.11 Å². The van der Waals surface area contributed by atoms with E-state index in [0.29, 0.717) is 0 Å². The molecule has 10 nitrogen and oxygen atoms in total. The Labute approximate surface area is 119 Å². The average molecular weight is 308 g/mol. The first-order valence-electron chi connectivity index (χ1n) is 5.34. The topological polar surface area (TPSA) is 168 Å². The number of carboxylic acids is 2. The van der Waals surface area contributed by atoms with E-state index in [2.05, 4.69) is 16.1 Å². The summed E-state index contributed by atoms with van der Waals surface area (Å²) in [6, 6.07) is 0. The summed E-state index contributed by atoms with van der Waals surface area (Å²) in [5.41, 5.74) is 0. The van der Waals surface area contributed by atoms with Crippen molar-refractivity contribution in [1.29, 1.82) is 0 Å². The predicted molar refractivity (Wildman–Crippen MR) is 64.8 cm³/mol. The number of esters is 2. The van der Waals surface area contributed by atoms with E-state index in [9.17, 15) is 19.2 Å². The summed E-state index contributed by atoms with van der Waals surface area (Å²) in [5, 5.41) is 34.2. The van der Waals surface area contributed by atoms with E-state index in [-0.39, 0.29) is 0 Å². The number of aliphatic hydroxyl groups excluding tert-OH is 2. The Kier molecular flexibility index (Phi) is 11.3. The molecule has 4 N–H and O–H groups in total. The lowest BCUT2D eigenvalue weighted by molar-refractivity contribution is -0.174. The van der Waals surface area contributed by atoms with Crippen LogP contribution in [0, 0.1) is 0 Å². The summed E-state index contributed by atoms with van der Waals surface area (Å²) in [5.74, 6) is -6.12. The number of methoxy groups -OCH3 is 1. The van der Waals surface area contributed by atoms with Crippen molar-refractivity contribution in [1.82, 2.24) is 0 Å². The molecule has 0 aliphatic carbocycles. The molecule has 2 atom stereocenters. The number of hydrogen-bond acceptors (Lipinski definition) is 8. The zero-order valence-electron chi connectivity index (χ0n) is 11.1. The van der Waals surface area contributed by atoms with Crippen molar-refractivity contribution in [2.45, 2.75) is 25.0 Å². The van der Waals surface area contributed by atoms with Gasteiger partial charge in [0, 0.05) is 0 Å². The molecule has 0 fully saturated rings. The third-order valence-corrected chi connectivity index (χ3v) is 1.65. The smallest absolute Gasteiger partial charge is 0.343 e. The molecular formula is C11H16O10. The highest BCUT2D eigenvalue weighted by Gasteiger charge is 2.27. The van der Waals surface area contributed by atoms with Crippen molar-refractivity contribution >= 4 is 23.9 Å². The molecule has 0 aromatic heterocycles. The molecule has 2 unspecified atom stereocenters. The molecule has 0 aliphatic rings. The van der Waals surface area contributed by atoms with Gasteiger partial charge in [-0.25, -0.2) is 9.59 Å². The minimum Gasteiger partial charge on any atom is -0.505 e. The molecular weight excluding hydrogens is 292 g/mol. The van der Waals surface area contributed by atoms with Gasteiger partial charge in [-0.3, -0.25) is 9.59 Å². The van der Waals surface area contributed by atoms with Crippen LogP contribution in [0.5, 0.6) is 0 Å². The van der Waals surface area contributed by atoms with Gasteiger partial charge in [0.1, 0.15) is 0 Å². The van der Waals surface area contributed by atoms with Crippen molar-refractivity contribution in [3.63, 3.8) is 0 Å². The van der Waals surface area contributed by atoms with Gasteiger partial charge >= 0.3 is 23.9 Å². The van der Waals surface area contributed by atoms with Gasteiger partial charge in [-0.05, 0) is 0 Å². The Hall–Kier alpha value is -2.46. The SMILES string of the molecule is C=COC.O=C(O)CC(O)C(=O)OC(=O)C(O)CC(=O)O. The molecule has 0 rings (SSSR count). The van der Waals surface area contributed by atoms with Crippen LogP contribution in [-0.4, -0.2) is 63.6 Å². The molecule has 0 radical (unpaired) electrons. The summed E-state index contributed by atoms with van der Waals surface area (Å²) >= 11 is 0. The van der Waals surface area contributed by atoms with Crippen LogP contribution >= 0.6 is 0 Å². The maximum Gasteiger partial charge on any atom is 0.343 e. The van der Waals surface area contributed by atoms with Gasteiger partial charge in [0.2, 0.25) is 0 Å². The van der Waals surface area contributed by atoms with Crippen LogP contribution in [0.4, 0.5) is 0 Å². The van der Waals surface area contributed by atoms with Crippen LogP contribution in [0.25, 0.3) is 0 Å².